The molecule has 2 amide bonds. The van der Waals surface area contributed by atoms with Crippen molar-refractivity contribution in [2.45, 2.75) is 19.1 Å². The van der Waals surface area contributed by atoms with E-state index >= 15 is 0 Å². The number of nitrogens with one attached hydrogen (secondary N) is 1. The van der Waals surface area contributed by atoms with Crippen molar-refractivity contribution in [3.05, 3.63) is 113 Å². The van der Waals surface area contributed by atoms with Crippen LogP contribution in [0.2, 0.25) is 5.02 Å². The average molecular weight is 418 g/mol. The third-order valence-electron chi connectivity index (χ3n) is 5.40. The van der Waals surface area contributed by atoms with Gasteiger partial charge in [0.15, 0.2) is 0 Å². The second kappa shape index (κ2) is 7.76. The van der Waals surface area contributed by atoms with Gasteiger partial charge in [0.05, 0.1) is 31.1 Å². The SMILES string of the molecule is O=C(NCc1ccco1)N1Cc2ccccc2-n2cccc2C1c1ccc(Cl)cc1. The van der Waals surface area contributed by atoms with Crippen molar-refractivity contribution in [1.82, 2.24) is 14.8 Å². The van der Waals surface area contributed by atoms with Gasteiger partial charge >= 0.3 is 6.03 Å². The van der Waals surface area contributed by atoms with Crippen molar-refractivity contribution in [1.29, 1.82) is 0 Å². The molecule has 3 heterocycles. The van der Waals surface area contributed by atoms with Crippen LogP contribution < -0.4 is 5.32 Å². The molecule has 0 bridgehead atoms. The Morgan fingerprint density at radius 3 is 2.67 bits per heavy atom. The summed E-state index contributed by atoms with van der Waals surface area (Å²) in [5.41, 5.74) is 4.19. The maximum atomic E-state index is 13.4. The predicted molar refractivity (Wildman–Crippen MR) is 116 cm³/mol. The van der Waals surface area contributed by atoms with Crippen LogP contribution in [0, 0.1) is 0 Å². The summed E-state index contributed by atoms with van der Waals surface area (Å²) in [6.07, 6.45) is 3.65. The van der Waals surface area contributed by atoms with E-state index in [0.29, 0.717) is 23.9 Å². The molecule has 5 nitrogen and oxygen atoms in total. The number of fused-ring (bicyclic) bond motifs is 3. The standard InChI is InChI=1S/C24H20ClN3O2/c25-19-11-9-17(10-12-19)23-22-8-3-13-27(22)21-7-2-1-5-18(21)16-28(23)24(29)26-15-20-6-4-14-30-20/h1-14,23H,15-16H2,(H,26,29). The fourth-order valence-corrected chi connectivity index (χ4v) is 4.14. The molecular formula is C24H20ClN3O2. The number of hydrogen-bond donors (Lipinski definition) is 1. The highest BCUT2D eigenvalue weighted by Crippen LogP contribution is 2.36. The largest absolute Gasteiger partial charge is 0.467 e. The van der Waals surface area contributed by atoms with E-state index in [1.54, 1.807) is 6.26 Å². The van der Waals surface area contributed by atoms with Gasteiger partial charge in [0.25, 0.3) is 0 Å². The number of aromatic nitrogens is 1. The number of nitrogens with zero attached hydrogens (tertiary/aromatic N) is 2. The quantitative estimate of drug-likeness (QED) is 0.476. The Morgan fingerprint density at radius 1 is 1.03 bits per heavy atom. The molecule has 30 heavy (non-hydrogen) atoms. The summed E-state index contributed by atoms with van der Waals surface area (Å²) in [6, 6.07) is 23.2. The Kier molecular flexibility index (Phi) is 4.81. The molecule has 0 saturated heterocycles. The van der Waals surface area contributed by atoms with Gasteiger partial charge in [0.2, 0.25) is 0 Å². The zero-order chi connectivity index (χ0) is 20.5. The van der Waals surface area contributed by atoms with Crippen molar-refractivity contribution in [3.63, 3.8) is 0 Å². The second-order valence-corrected chi connectivity index (χ2v) is 7.69. The molecule has 6 heteroatoms. The minimum Gasteiger partial charge on any atom is -0.467 e. The number of carbonyl (C=O) groups excluding carboxylic acids is 1. The number of para-hydroxylation sites is 1. The maximum Gasteiger partial charge on any atom is 0.318 e. The van der Waals surface area contributed by atoms with E-state index in [-0.39, 0.29) is 12.1 Å². The summed E-state index contributed by atoms with van der Waals surface area (Å²) < 4.78 is 7.53. The van der Waals surface area contributed by atoms with Crippen LogP contribution >= 0.6 is 11.6 Å². The molecule has 0 radical (unpaired) electrons. The van der Waals surface area contributed by atoms with Gasteiger partial charge in [-0.3, -0.25) is 0 Å². The topological polar surface area (TPSA) is 50.4 Å². The summed E-state index contributed by atoms with van der Waals surface area (Å²) in [5.74, 6) is 0.713. The summed E-state index contributed by atoms with van der Waals surface area (Å²) in [6.45, 7) is 0.813. The smallest absolute Gasteiger partial charge is 0.318 e. The van der Waals surface area contributed by atoms with E-state index < -0.39 is 0 Å². The van der Waals surface area contributed by atoms with Crippen molar-refractivity contribution in [2.24, 2.45) is 0 Å². The lowest BCUT2D eigenvalue weighted by molar-refractivity contribution is 0.179. The molecule has 150 valence electrons. The fraction of sp³-hybridized carbons (Fsp3) is 0.125. The van der Waals surface area contributed by atoms with E-state index in [4.69, 9.17) is 16.0 Å². The Labute approximate surface area is 179 Å². The molecule has 2 aromatic carbocycles. The highest BCUT2D eigenvalue weighted by atomic mass is 35.5. The first kappa shape index (κ1) is 18.6. The molecule has 1 atom stereocenters. The van der Waals surface area contributed by atoms with Crippen LogP contribution in [0.4, 0.5) is 4.79 Å². The molecule has 1 aliphatic rings. The lowest BCUT2D eigenvalue weighted by atomic mass is 10.0. The van der Waals surface area contributed by atoms with E-state index in [0.717, 1.165) is 22.5 Å². The van der Waals surface area contributed by atoms with Crippen LogP contribution in [0.25, 0.3) is 5.69 Å². The number of carbonyl (C=O) groups is 1. The van der Waals surface area contributed by atoms with E-state index in [1.807, 2.05) is 65.7 Å². The second-order valence-electron chi connectivity index (χ2n) is 7.25. The van der Waals surface area contributed by atoms with Crippen LogP contribution in [0.5, 0.6) is 0 Å². The van der Waals surface area contributed by atoms with Crippen molar-refractivity contribution in [3.8, 4) is 5.69 Å². The number of amides is 2. The number of halogens is 1. The molecular weight excluding hydrogens is 398 g/mol. The van der Waals surface area contributed by atoms with Crippen molar-refractivity contribution >= 4 is 17.6 Å². The van der Waals surface area contributed by atoms with Gasteiger partial charge in [-0.1, -0.05) is 41.9 Å². The van der Waals surface area contributed by atoms with Gasteiger partial charge in [-0.05, 0) is 53.6 Å². The van der Waals surface area contributed by atoms with Gasteiger partial charge in [0.1, 0.15) is 5.76 Å². The van der Waals surface area contributed by atoms with E-state index in [9.17, 15) is 4.79 Å². The summed E-state index contributed by atoms with van der Waals surface area (Å²) in [5, 5.41) is 3.67. The third kappa shape index (κ3) is 3.37. The number of rotatable bonds is 3. The number of hydrogen-bond acceptors (Lipinski definition) is 2. The molecule has 1 N–H and O–H groups in total. The first-order chi connectivity index (χ1) is 14.7. The zero-order valence-electron chi connectivity index (χ0n) is 16.2. The highest BCUT2D eigenvalue weighted by molar-refractivity contribution is 6.30. The van der Waals surface area contributed by atoms with E-state index in [2.05, 4.69) is 28.1 Å². The predicted octanol–water partition coefficient (Wildman–Crippen LogP) is 5.54. The monoisotopic (exact) mass is 417 g/mol. The zero-order valence-corrected chi connectivity index (χ0v) is 16.9. The summed E-state index contributed by atoms with van der Waals surface area (Å²) in [4.78, 5) is 15.2. The van der Waals surface area contributed by atoms with Gasteiger partial charge < -0.3 is 19.2 Å². The average Bonchev–Trinajstić information content (AvgIpc) is 3.43. The lowest BCUT2D eigenvalue weighted by Gasteiger charge is -2.31. The van der Waals surface area contributed by atoms with Crippen LogP contribution in [0.15, 0.2) is 89.7 Å². The van der Waals surface area contributed by atoms with Crippen molar-refractivity contribution in [2.75, 3.05) is 0 Å². The first-order valence-corrected chi connectivity index (χ1v) is 10.2. The Morgan fingerprint density at radius 2 is 1.87 bits per heavy atom. The molecule has 0 saturated carbocycles. The summed E-state index contributed by atoms with van der Waals surface area (Å²) >= 11 is 6.13. The normalized spacial score (nSPS) is 15.2. The molecule has 0 spiro atoms. The van der Waals surface area contributed by atoms with Gasteiger partial charge in [0, 0.05) is 16.9 Å². The molecule has 0 fully saturated rings. The van der Waals surface area contributed by atoms with Gasteiger partial charge in [-0.25, -0.2) is 4.79 Å². The highest BCUT2D eigenvalue weighted by Gasteiger charge is 2.32. The maximum absolute atomic E-state index is 13.4. The lowest BCUT2D eigenvalue weighted by Crippen LogP contribution is -2.41. The molecule has 1 aliphatic heterocycles. The molecule has 5 rings (SSSR count). The summed E-state index contributed by atoms with van der Waals surface area (Å²) in [7, 11) is 0. The van der Waals surface area contributed by atoms with Crippen LogP contribution in [0.1, 0.15) is 28.6 Å². The number of benzene rings is 2. The minimum absolute atomic E-state index is 0.157. The van der Waals surface area contributed by atoms with Gasteiger partial charge in [-0.2, -0.15) is 0 Å². The molecule has 4 aromatic rings. The Hall–Kier alpha value is -3.44. The number of urea groups is 1. The van der Waals surface area contributed by atoms with Crippen LogP contribution in [-0.2, 0) is 13.1 Å². The number of furan rings is 1. The van der Waals surface area contributed by atoms with Crippen LogP contribution in [0.3, 0.4) is 0 Å². The molecule has 2 aromatic heterocycles. The molecule has 1 unspecified atom stereocenters. The molecule has 0 aliphatic carbocycles. The minimum atomic E-state index is -0.263. The van der Waals surface area contributed by atoms with Crippen LogP contribution in [-0.4, -0.2) is 15.5 Å². The Balaban J connectivity index is 1.58. The Bertz CT molecular complexity index is 1170. The third-order valence-corrected chi connectivity index (χ3v) is 5.66. The fourth-order valence-electron chi connectivity index (χ4n) is 4.01. The van der Waals surface area contributed by atoms with E-state index in [1.165, 1.54) is 0 Å². The van der Waals surface area contributed by atoms with Gasteiger partial charge in [-0.15, -0.1) is 0 Å². The van der Waals surface area contributed by atoms with Crippen molar-refractivity contribution < 1.29 is 9.21 Å². The first-order valence-electron chi connectivity index (χ1n) is 9.78.